The van der Waals surface area contributed by atoms with Crippen LogP contribution in [0.15, 0.2) is 35.1 Å². The Labute approximate surface area is 139 Å². The number of hydrogen-bond acceptors (Lipinski definition) is 4. The van der Waals surface area contributed by atoms with Crippen LogP contribution in [0.3, 0.4) is 0 Å². The smallest absolute Gasteiger partial charge is 0.277 e. The lowest BCUT2D eigenvalue weighted by Crippen LogP contribution is -2.43. The molecule has 1 aromatic carbocycles. The van der Waals surface area contributed by atoms with Crippen molar-refractivity contribution < 1.29 is 13.2 Å². The molecular weight excluding hydrogens is 332 g/mol. The number of carbonyl (C=O) groups excluding carboxylic acids is 1. The van der Waals surface area contributed by atoms with Crippen LogP contribution in [-0.2, 0) is 10.2 Å². The molecule has 0 atom stereocenters. The van der Waals surface area contributed by atoms with Crippen molar-refractivity contribution in [3.8, 4) is 0 Å². The van der Waals surface area contributed by atoms with E-state index in [1.54, 1.807) is 38.1 Å². The summed E-state index contributed by atoms with van der Waals surface area (Å²) in [6, 6.07) is 7.97. The minimum atomic E-state index is -3.59. The van der Waals surface area contributed by atoms with Crippen molar-refractivity contribution in [1.29, 1.82) is 0 Å². The van der Waals surface area contributed by atoms with Crippen molar-refractivity contribution in [2.45, 2.75) is 19.9 Å². The minimum Gasteiger partial charge on any atom is -0.351 e. The van der Waals surface area contributed by atoms with Crippen molar-refractivity contribution in [2.24, 2.45) is 0 Å². The molecule has 130 valence electrons. The highest BCUT2D eigenvalue weighted by Crippen LogP contribution is 2.14. The molecule has 9 heteroatoms. The van der Waals surface area contributed by atoms with Gasteiger partial charge in [-0.15, -0.1) is 0 Å². The molecule has 2 aromatic rings. The molecule has 0 radical (unpaired) electrons. The fraction of sp³-hybridized carbons (Fsp3) is 0.333. The van der Waals surface area contributed by atoms with Gasteiger partial charge in [-0.3, -0.25) is 9.59 Å². The van der Waals surface area contributed by atoms with E-state index < -0.39 is 16.1 Å². The van der Waals surface area contributed by atoms with Crippen LogP contribution in [0.4, 0.5) is 0 Å². The summed E-state index contributed by atoms with van der Waals surface area (Å²) in [5, 5.41) is 3.22. The molecule has 4 N–H and O–H groups in total. The topological polar surface area (TPSA) is 120 Å². The van der Waals surface area contributed by atoms with Gasteiger partial charge in [0, 0.05) is 36.1 Å². The third-order valence-corrected chi connectivity index (χ3v) is 4.45. The summed E-state index contributed by atoms with van der Waals surface area (Å²) in [4.78, 5) is 26.5. The lowest BCUT2D eigenvalue weighted by atomic mass is 10.1. The second-order valence-electron chi connectivity index (χ2n) is 5.52. The van der Waals surface area contributed by atoms with Gasteiger partial charge in [0.15, 0.2) is 0 Å². The molecule has 1 heterocycles. The Balaban J connectivity index is 2.00. The molecule has 0 aliphatic heterocycles. The molecule has 0 fully saturated rings. The molecule has 8 nitrogen and oxygen atoms in total. The van der Waals surface area contributed by atoms with Gasteiger partial charge in [-0.1, -0.05) is 18.2 Å². The summed E-state index contributed by atoms with van der Waals surface area (Å²) in [5.74, 6) is -0.437. The molecule has 0 saturated heterocycles. The van der Waals surface area contributed by atoms with Crippen LogP contribution in [0.5, 0.6) is 0 Å². The highest BCUT2D eigenvalue weighted by atomic mass is 32.2. The summed E-state index contributed by atoms with van der Waals surface area (Å²) < 4.78 is 27.9. The van der Waals surface area contributed by atoms with Gasteiger partial charge in [-0.25, -0.2) is 4.72 Å². The first-order valence-electron chi connectivity index (χ1n) is 7.46. The monoisotopic (exact) mass is 352 g/mol. The second kappa shape index (κ2) is 7.56. The fourth-order valence-electron chi connectivity index (χ4n) is 2.20. The van der Waals surface area contributed by atoms with Crippen LogP contribution in [0.25, 0.3) is 10.9 Å². The molecule has 0 bridgehead atoms. The molecule has 2 rings (SSSR count). The quantitative estimate of drug-likeness (QED) is 0.528. The third kappa shape index (κ3) is 4.88. The molecule has 0 aliphatic rings. The van der Waals surface area contributed by atoms with E-state index in [1.165, 1.54) is 6.07 Å². The molecule has 0 spiro atoms. The largest absolute Gasteiger partial charge is 0.351 e. The number of benzene rings is 1. The van der Waals surface area contributed by atoms with Gasteiger partial charge < -0.3 is 10.3 Å². The Hall–Kier alpha value is -2.23. The summed E-state index contributed by atoms with van der Waals surface area (Å²) in [5.41, 5.74) is 0.440. The number of para-hydroxylation sites is 1. The number of aromatic amines is 1. The van der Waals surface area contributed by atoms with Crippen LogP contribution >= 0.6 is 0 Å². The van der Waals surface area contributed by atoms with E-state index >= 15 is 0 Å². The van der Waals surface area contributed by atoms with E-state index in [2.05, 4.69) is 19.7 Å². The van der Waals surface area contributed by atoms with Gasteiger partial charge in [-0.05, 0) is 19.9 Å². The predicted molar refractivity (Wildman–Crippen MR) is 92.1 cm³/mol. The number of nitrogens with one attached hydrogen (secondary N) is 4. The SMILES string of the molecule is CC(C)NS(=O)(=O)NCCNC(=O)c1cc(=O)[nH]c2ccccc12. The fourth-order valence-corrected chi connectivity index (χ4v) is 3.28. The zero-order valence-corrected chi connectivity index (χ0v) is 14.2. The van der Waals surface area contributed by atoms with Crippen LogP contribution < -0.4 is 20.3 Å². The van der Waals surface area contributed by atoms with Gasteiger partial charge in [0.05, 0.1) is 5.56 Å². The number of pyridine rings is 1. The zero-order valence-electron chi connectivity index (χ0n) is 13.4. The molecular formula is C15H20N4O4S. The maximum atomic E-state index is 12.3. The Kier molecular flexibility index (Phi) is 5.71. The summed E-state index contributed by atoms with van der Waals surface area (Å²) >= 11 is 0. The Morgan fingerprint density at radius 1 is 1.21 bits per heavy atom. The number of rotatable bonds is 7. The predicted octanol–water partition coefficient (Wildman–Crippen LogP) is 0.0903. The lowest BCUT2D eigenvalue weighted by Gasteiger charge is -2.11. The van der Waals surface area contributed by atoms with E-state index in [0.717, 1.165) is 0 Å². The van der Waals surface area contributed by atoms with Gasteiger partial charge >= 0.3 is 0 Å². The number of hydrogen-bond donors (Lipinski definition) is 4. The standard InChI is InChI=1S/C15H20N4O4S/c1-10(2)19-24(22,23)17-8-7-16-15(21)12-9-14(20)18-13-6-4-3-5-11(12)13/h3-6,9-10,17,19H,7-8H2,1-2H3,(H,16,21)(H,18,20). The second-order valence-corrected chi connectivity index (χ2v) is 7.05. The van der Waals surface area contributed by atoms with Crippen molar-refractivity contribution in [3.63, 3.8) is 0 Å². The Bertz CT molecular complexity index is 890. The van der Waals surface area contributed by atoms with E-state index in [9.17, 15) is 18.0 Å². The van der Waals surface area contributed by atoms with Gasteiger partial charge in [0.2, 0.25) is 5.56 Å². The van der Waals surface area contributed by atoms with Crippen molar-refractivity contribution in [2.75, 3.05) is 13.1 Å². The summed E-state index contributed by atoms with van der Waals surface area (Å²) in [6.07, 6.45) is 0. The van der Waals surface area contributed by atoms with Gasteiger partial charge in [-0.2, -0.15) is 13.1 Å². The average molecular weight is 352 g/mol. The van der Waals surface area contributed by atoms with Crippen LogP contribution in [0, 0.1) is 0 Å². The first-order chi connectivity index (χ1) is 11.3. The molecule has 1 amide bonds. The number of H-pyrrole nitrogens is 1. The first-order valence-corrected chi connectivity index (χ1v) is 8.94. The highest BCUT2D eigenvalue weighted by Gasteiger charge is 2.13. The van der Waals surface area contributed by atoms with E-state index in [0.29, 0.717) is 10.9 Å². The van der Waals surface area contributed by atoms with E-state index in [1.807, 2.05) is 0 Å². The average Bonchev–Trinajstić information content (AvgIpc) is 2.49. The molecule has 0 aliphatic carbocycles. The number of fused-ring (bicyclic) bond motifs is 1. The van der Waals surface area contributed by atoms with Crippen LogP contribution in [0.2, 0.25) is 0 Å². The molecule has 0 saturated carbocycles. The molecule has 1 aromatic heterocycles. The summed E-state index contributed by atoms with van der Waals surface area (Å²) in [7, 11) is -3.59. The van der Waals surface area contributed by atoms with Crippen molar-refractivity contribution in [1.82, 2.24) is 19.7 Å². The number of amides is 1. The highest BCUT2D eigenvalue weighted by molar-refractivity contribution is 7.87. The van der Waals surface area contributed by atoms with Crippen LogP contribution in [0.1, 0.15) is 24.2 Å². The number of carbonyl (C=O) groups is 1. The normalized spacial score (nSPS) is 11.8. The number of aromatic nitrogens is 1. The van der Waals surface area contributed by atoms with Gasteiger partial charge in [0.25, 0.3) is 16.1 Å². The molecule has 24 heavy (non-hydrogen) atoms. The maximum absolute atomic E-state index is 12.3. The lowest BCUT2D eigenvalue weighted by molar-refractivity contribution is 0.0956. The third-order valence-electron chi connectivity index (χ3n) is 3.09. The van der Waals surface area contributed by atoms with Gasteiger partial charge in [0.1, 0.15) is 0 Å². The van der Waals surface area contributed by atoms with Crippen molar-refractivity contribution >= 4 is 27.0 Å². The minimum absolute atomic E-state index is 0.0366. The maximum Gasteiger partial charge on any atom is 0.277 e. The molecule has 0 unspecified atom stereocenters. The Morgan fingerprint density at radius 2 is 1.92 bits per heavy atom. The van der Waals surface area contributed by atoms with E-state index in [-0.39, 0.29) is 30.3 Å². The van der Waals surface area contributed by atoms with Crippen LogP contribution in [-0.4, -0.2) is 38.4 Å². The van der Waals surface area contributed by atoms with Crippen molar-refractivity contribution in [3.05, 3.63) is 46.2 Å². The Morgan fingerprint density at radius 3 is 2.62 bits per heavy atom. The first kappa shape index (κ1) is 18.1. The zero-order chi connectivity index (χ0) is 17.7. The van der Waals surface area contributed by atoms with E-state index in [4.69, 9.17) is 0 Å². The summed E-state index contributed by atoms with van der Waals surface area (Å²) in [6.45, 7) is 3.55.